The maximum absolute atomic E-state index is 14.5. The number of aliphatic imine (C=N–C) groups is 2. The van der Waals surface area contributed by atoms with Gasteiger partial charge in [0.15, 0.2) is 11.9 Å². The van der Waals surface area contributed by atoms with E-state index in [-0.39, 0.29) is 70.0 Å². The van der Waals surface area contributed by atoms with Crippen LogP contribution in [0.5, 0.6) is 0 Å². The highest BCUT2D eigenvalue weighted by atomic mass is 16.4. The Morgan fingerprint density at radius 2 is 0.892 bits per heavy atom. The first-order valence-corrected chi connectivity index (χ1v) is 22.3. The van der Waals surface area contributed by atoms with Crippen molar-refractivity contribution in [2.75, 3.05) is 32.7 Å². The molecule has 0 saturated carbocycles. The van der Waals surface area contributed by atoms with Crippen LogP contribution < -0.4 is 72.5 Å². The molecule has 0 heterocycles. The Balaban J connectivity index is 2.55. The lowest BCUT2D eigenvalue weighted by Crippen LogP contribution is -2.59. The number of nitrogens with zero attached hydrogens (tertiary/aromatic N) is 2. The molecule has 22 heteroatoms. The molecule has 2 aromatic carbocycles. The van der Waals surface area contributed by atoms with Gasteiger partial charge in [-0.1, -0.05) is 48.9 Å². The molecule has 0 aliphatic rings. The predicted octanol–water partition coefficient (Wildman–Crippen LogP) is -2.29. The van der Waals surface area contributed by atoms with Crippen molar-refractivity contribution in [2.24, 2.45) is 55.9 Å². The van der Waals surface area contributed by atoms with Gasteiger partial charge in [0, 0.05) is 19.5 Å². The lowest BCUT2D eigenvalue weighted by Gasteiger charge is -2.27. The quantitative estimate of drug-likeness (QED) is 0.0204. The van der Waals surface area contributed by atoms with Crippen LogP contribution in [0, 0.1) is 0 Å². The van der Waals surface area contributed by atoms with Gasteiger partial charge in [0.25, 0.3) is 0 Å². The molecule has 0 fully saturated rings. The van der Waals surface area contributed by atoms with Crippen LogP contribution in [0.4, 0.5) is 0 Å². The zero-order chi connectivity index (χ0) is 48.1. The number of rotatable bonds is 33. The average Bonchev–Trinajstić information content (AvgIpc) is 3.27. The summed E-state index contributed by atoms with van der Waals surface area (Å²) in [6.07, 6.45) is 4.27. The van der Waals surface area contributed by atoms with Crippen molar-refractivity contribution in [3.05, 3.63) is 48.0 Å². The fourth-order valence-corrected chi connectivity index (χ4v) is 6.96. The number of carbonyl (C=O) groups is 6. The summed E-state index contributed by atoms with van der Waals surface area (Å²) < 4.78 is 0. The molecule has 0 bridgehead atoms. The summed E-state index contributed by atoms with van der Waals surface area (Å²) in [5.74, 6) is -5.09. The largest absolute Gasteiger partial charge is 0.480 e. The number of carbonyl (C=O) groups excluding carboxylic acids is 5. The molecule has 2 rings (SSSR count). The Morgan fingerprint density at radius 1 is 0.492 bits per heavy atom. The summed E-state index contributed by atoms with van der Waals surface area (Å²) in [4.78, 5) is 90.0. The van der Waals surface area contributed by atoms with E-state index in [0.29, 0.717) is 70.1 Å². The molecule has 5 amide bonds. The molecule has 22 N–H and O–H groups in total. The first-order valence-electron chi connectivity index (χ1n) is 22.3. The number of hydrogen-bond donors (Lipinski definition) is 14. The van der Waals surface area contributed by atoms with Crippen molar-refractivity contribution in [2.45, 2.75) is 126 Å². The number of fused-ring (bicyclic) bond motifs is 1. The van der Waals surface area contributed by atoms with E-state index in [4.69, 9.17) is 45.9 Å². The van der Waals surface area contributed by atoms with Gasteiger partial charge in [0.05, 0.1) is 6.04 Å². The highest BCUT2D eigenvalue weighted by Gasteiger charge is 2.33. The minimum Gasteiger partial charge on any atom is -0.480 e. The Labute approximate surface area is 380 Å². The normalized spacial score (nSPS) is 13.8. The highest BCUT2D eigenvalue weighted by molar-refractivity contribution is 5.97. The standard InChI is InChI=1S/C43H73N15O7/c44-21-6-3-16-30(47)36(59)54-32(19-10-24-52-42(48)49)37(60)55-33(20-11-25-53-43(50)51)39(62)58-35(26-28-14-9-13-27-12-1-2-15-29(27)28)40(63)56-31(17-4-7-22-45)38(61)57-34(41(64)65)18-5-8-23-46/h1-2,9,12-15,30-35H,3-8,10-11,16-26,44-47H2,(H,54,59)(H,55,60)(H,56,63)(H,57,61)(H,58,62)(H,64,65)(H4,48,49,52)(H4,50,51,53)/t30-,31-,32-,33-,34-,35-/m0/s1. The first-order chi connectivity index (χ1) is 31.1. The number of guanidine groups is 2. The number of carboxylic acid groups (broad SMARTS) is 1. The van der Waals surface area contributed by atoms with Gasteiger partial charge in [0.2, 0.25) is 29.5 Å². The number of benzene rings is 2. The van der Waals surface area contributed by atoms with Crippen molar-refractivity contribution in [1.29, 1.82) is 0 Å². The zero-order valence-electron chi connectivity index (χ0n) is 37.4. The molecule has 0 unspecified atom stereocenters. The van der Waals surface area contributed by atoms with Gasteiger partial charge in [-0.3, -0.25) is 34.0 Å². The molecule has 2 aromatic rings. The molecule has 0 aliphatic heterocycles. The number of unbranched alkanes of at least 4 members (excludes halogenated alkanes) is 3. The predicted molar refractivity (Wildman–Crippen MR) is 251 cm³/mol. The van der Waals surface area contributed by atoms with Gasteiger partial charge in [-0.25, -0.2) is 4.79 Å². The molecule has 65 heavy (non-hydrogen) atoms. The first kappa shape index (κ1) is 55.0. The molecule has 362 valence electrons. The Morgan fingerprint density at radius 3 is 1.38 bits per heavy atom. The molecular formula is C43H73N15O7. The summed E-state index contributed by atoms with van der Waals surface area (Å²) in [6.45, 7) is 1.34. The van der Waals surface area contributed by atoms with Crippen LogP contribution in [0.1, 0.15) is 89.0 Å². The minimum absolute atomic E-state index is 0.00488. The van der Waals surface area contributed by atoms with Crippen LogP contribution >= 0.6 is 0 Å². The van der Waals surface area contributed by atoms with Crippen LogP contribution in [0.15, 0.2) is 52.4 Å². The topological polar surface area (TPSA) is 416 Å². The van der Waals surface area contributed by atoms with E-state index in [1.165, 1.54) is 0 Å². The summed E-state index contributed by atoms with van der Waals surface area (Å²) in [6, 6.07) is 5.86. The maximum atomic E-state index is 14.5. The van der Waals surface area contributed by atoms with Crippen LogP contribution in [0.3, 0.4) is 0 Å². The van der Waals surface area contributed by atoms with Crippen molar-refractivity contribution >= 4 is 58.2 Å². The minimum atomic E-state index is -1.32. The van der Waals surface area contributed by atoms with Crippen LogP contribution in [0.25, 0.3) is 10.8 Å². The fraction of sp³-hybridized carbons (Fsp3) is 0.581. The molecule has 0 saturated heterocycles. The molecule has 22 nitrogen and oxygen atoms in total. The van der Waals surface area contributed by atoms with Crippen molar-refractivity contribution in [1.82, 2.24) is 26.6 Å². The van der Waals surface area contributed by atoms with E-state index in [9.17, 15) is 33.9 Å². The van der Waals surface area contributed by atoms with E-state index in [2.05, 4.69) is 36.6 Å². The lowest BCUT2D eigenvalue weighted by molar-refractivity contribution is -0.142. The van der Waals surface area contributed by atoms with E-state index < -0.39 is 71.8 Å². The second-order valence-corrected chi connectivity index (χ2v) is 15.8. The van der Waals surface area contributed by atoms with Crippen molar-refractivity contribution < 1.29 is 33.9 Å². The third kappa shape index (κ3) is 21.4. The molecule has 0 radical (unpaired) electrons. The van der Waals surface area contributed by atoms with Crippen molar-refractivity contribution in [3.8, 4) is 0 Å². The van der Waals surface area contributed by atoms with E-state index in [1.54, 1.807) is 0 Å². The number of aliphatic carboxylic acids is 1. The monoisotopic (exact) mass is 912 g/mol. The number of nitrogens with one attached hydrogen (secondary N) is 5. The van der Waals surface area contributed by atoms with Crippen molar-refractivity contribution in [3.63, 3.8) is 0 Å². The van der Waals surface area contributed by atoms with Gasteiger partial charge in [0.1, 0.15) is 30.2 Å². The Bertz CT molecular complexity index is 1870. The SMILES string of the molecule is NCCCC[C@H](NC(=O)[C@H](CCCCN)NC(=O)[C@H](Cc1cccc2ccccc12)NC(=O)[C@H](CCCN=C(N)N)NC(=O)[C@H](CCCN=C(N)N)NC(=O)[C@@H](N)CCCCN)C(=O)O. The molecule has 6 atom stereocenters. The molecular weight excluding hydrogens is 839 g/mol. The van der Waals surface area contributed by atoms with E-state index in [1.807, 2.05) is 42.5 Å². The summed E-state index contributed by atoms with van der Waals surface area (Å²) in [7, 11) is 0. The van der Waals surface area contributed by atoms with Crippen LogP contribution in [-0.2, 0) is 35.2 Å². The smallest absolute Gasteiger partial charge is 0.326 e. The Hall–Kier alpha value is -6.10. The van der Waals surface area contributed by atoms with E-state index in [0.717, 1.165) is 10.8 Å². The van der Waals surface area contributed by atoms with Gasteiger partial charge in [-0.15, -0.1) is 0 Å². The summed E-state index contributed by atoms with van der Waals surface area (Å²) in [5, 5.41) is 25.1. The van der Waals surface area contributed by atoms with Gasteiger partial charge < -0.3 is 77.6 Å². The van der Waals surface area contributed by atoms with Gasteiger partial charge in [-0.05, 0) is 113 Å². The number of nitrogens with two attached hydrogens (primary N) is 8. The van der Waals surface area contributed by atoms with Gasteiger partial charge in [-0.2, -0.15) is 0 Å². The number of carboxylic acids is 1. The summed E-state index contributed by atoms with van der Waals surface area (Å²) in [5.41, 5.74) is 45.8. The van der Waals surface area contributed by atoms with Gasteiger partial charge >= 0.3 is 5.97 Å². The molecule has 0 aromatic heterocycles. The van der Waals surface area contributed by atoms with Crippen LogP contribution in [0.2, 0.25) is 0 Å². The fourth-order valence-electron chi connectivity index (χ4n) is 6.96. The summed E-state index contributed by atoms with van der Waals surface area (Å²) >= 11 is 0. The maximum Gasteiger partial charge on any atom is 0.326 e. The highest BCUT2D eigenvalue weighted by Crippen LogP contribution is 2.20. The second-order valence-electron chi connectivity index (χ2n) is 15.8. The average molecular weight is 912 g/mol. The molecule has 0 aliphatic carbocycles. The third-order valence-electron chi connectivity index (χ3n) is 10.5. The lowest BCUT2D eigenvalue weighted by atomic mass is 9.97. The Kier molecular flexibility index (Phi) is 26.2. The van der Waals surface area contributed by atoms with Crippen LogP contribution in [-0.4, -0.2) is 122 Å². The van der Waals surface area contributed by atoms with E-state index >= 15 is 0 Å². The number of amides is 5. The third-order valence-corrected chi connectivity index (χ3v) is 10.5. The zero-order valence-corrected chi connectivity index (χ0v) is 37.4. The molecule has 0 spiro atoms. The number of hydrogen-bond acceptors (Lipinski definition) is 12. The second kappa shape index (κ2) is 30.9.